The van der Waals surface area contributed by atoms with Gasteiger partial charge in [0.15, 0.2) is 0 Å². The smallest absolute Gasteiger partial charge is 0.338 e. The molecule has 0 bridgehead atoms. The Balaban J connectivity index is 2.07. The van der Waals surface area contributed by atoms with Crippen LogP contribution in [0, 0.1) is 0 Å². The number of carbonyl (C=O) groups is 1. The third kappa shape index (κ3) is 3.53. The number of thioether (sulfide) groups is 1. The Labute approximate surface area is 150 Å². The first kappa shape index (κ1) is 17.5. The van der Waals surface area contributed by atoms with Crippen molar-refractivity contribution in [1.82, 2.24) is 19.7 Å². The van der Waals surface area contributed by atoms with Crippen LogP contribution >= 0.6 is 11.8 Å². The van der Waals surface area contributed by atoms with Gasteiger partial charge in [-0.2, -0.15) is 4.98 Å². The van der Waals surface area contributed by atoms with E-state index >= 15 is 0 Å². The molecule has 25 heavy (non-hydrogen) atoms. The van der Waals surface area contributed by atoms with Gasteiger partial charge in [0.05, 0.1) is 12.2 Å². The van der Waals surface area contributed by atoms with Crippen molar-refractivity contribution in [2.45, 2.75) is 38.4 Å². The Bertz CT molecular complexity index is 788. The minimum Gasteiger partial charge on any atom is -0.463 e. The van der Waals surface area contributed by atoms with Crippen LogP contribution in [0.1, 0.15) is 38.8 Å². The maximum Gasteiger partial charge on any atom is 0.338 e. The molecule has 0 aromatic carbocycles. The van der Waals surface area contributed by atoms with Crippen LogP contribution in [-0.2, 0) is 9.53 Å². The van der Waals surface area contributed by atoms with Crippen LogP contribution in [0.15, 0.2) is 41.0 Å². The molecule has 1 aliphatic heterocycles. The molecule has 0 spiro atoms. The van der Waals surface area contributed by atoms with Gasteiger partial charge in [0, 0.05) is 23.8 Å². The maximum absolute atomic E-state index is 12.6. The largest absolute Gasteiger partial charge is 0.463 e. The van der Waals surface area contributed by atoms with E-state index in [1.807, 2.05) is 19.1 Å². The number of nitrogens with zero attached hydrogens (tertiary/aromatic N) is 4. The standard InChI is InChI=1S/C17H21N5O2S/c1-4-10-25-17-20-16-19-11(3)13(15(23)24-5-2)14(22(16)21-17)12-6-8-18-9-7-12/h6-9,14H,4-5,10H2,1-3H3,(H,19,20,21). The fourth-order valence-electron chi connectivity index (χ4n) is 2.71. The van der Waals surface area contributed by atoms with E-state index in [-0.39, 0.29) is 12.0 Å². The summed E-state index contributed by atoms with van der Waals surface area (Å²) in [5.74, 6) is 1.23. The lowest BCUT2D eigenvalue weighted by Crippen LogP contribution is -2.29. The summed E-state index contributed by atoms with van der Waals surface area (Å²) in [4.78, 5) is 21.2. The van der Waals surface area contributed by atoms with Gasteiger partial charge in [0.2, 0.25) is 11.1 Å². The first-order chi connectivity index (χ1) is 12.2. The van der Waals surface area contributed by atoms with Gasteiger partial charge >= 0.3 is 5.97 Å². The van der Waals surface area contributed by atoms with Crippen molar-refractivity contribution in [2.75, 3.05) is 17.7 Å². The maximum atomic E-state index is 12.6. The van der Waals surface area contributed by atoms with Crippen molar-refractivity contribution in [1.29, 1.82) is 0 Å². The molecule has 7 nitrogen and oxygen atoms in total. The number of nitrogens with one attached hydrogen (secondary N) is 1. The number of ether oxygens (including phenoxy) is 1. The highest BCUT2D eigenvalue weighted by molar-refractivity contribution is 7.99. The second-order valence-electron chi connectivity index (χ2n) is 5.58. The number of allylic oxidation sites excluding steroid dienone is 1. The molecular formula is C17H21N5O2S. The summed E-state index contributed by atoms with van der Waals surface area (Å²) in [7, 11) is 0. The Kier molecular flexibility index (Phi) is 5.37. The van der Waals surface area contributed by atoms with Gasteiger partial charge in [-0.3, -0.25) is 4.98 Å². The number of hydrogen-bond donors (Lipinski definition) is 1. The zero-order valence-electron chi connectivity index (χ0n) is 14.5. The second kappa shape index (κ2) is 7.69. The fourth-order valence-corrected chi connectivity index (χ4v) is 3.40. The van der Waals surface area contributed by atoms with Crippen molar-refractivity contribution in [3.63, 3.8) is 0 Å². The number of pyridine rings is 1. The molecule has 2 aromatic heterocycles. The first-order valence-electron chi connectivity index (χ1n) is 8.29. The van der Waals surface area contributed by atoms with Gasteiger partial charge in [0.1, 0.15) is 6.04 Å². The molecule has 0 amide bonds. The predicted octanol–water partition coefficient (Wildman–Crippen LogP) is 3.03. The number of esters is 1. The van der Waals surface area contributed by atoms with Crippen LogP contribution in [0.5, 0.6) is 0 Å². The number of carbonyl (C=O) groups excluding carboxylic acids is 1. The van der Waals surface area contributed by atoms with Crippen molar-refractivity contribution < 1.29 is 9.53 Å². The molecule has 0 fully saturated rings. The summed E-state index contributed by atoms with van der Waals surface area (Å²) < 4.78 is 7.03. The molecule has 3 heterocycles. The molecule has 3 rings (SSSR count). The van der Waals surface area contributed by atoms with Gasteiger partial charge < -0.3 is 10.1 Å². The third-order valence-electron chi connectivity index (χ3n) is 3.79. The van der Waals surface area contributed by atoms with E-state index in [2.05, 4.69) is 27.3 Å². The first-order valence-corrected chi connectivity index (χ1v) is 9.28. The van der Waals surface area contributed by atoms with Crippen LogP contribution < -0.4 is 5.32 Å². The molecule has 1 atom stereocenters. The summed E-state index contributed by atoms with van der Waals surface area (Å²) in [6.45, 7) is 6.09. The monoisotopic (exact) mass is 359 g/mol. The van der Waals surface area contributed by atoms with Crippen molar-refractivity contribution in [2.24, 2.45) is 0 Å². The van der Waals surface area contributed by atoms with Gasteiger partial charge in [-0.25, -0.2) is 9.48 Å². The van der Waals surface area contributed by atoms with Gasteiger partial charge in [-0.15, -0.1) is 5.10 Å². The quantitative estimate of drug-likeness (QED) is 0.627. The molecule has 0 saturated heterocycles. The fraction of sp³-hybridized carbons (Fsp3) is 0.412. The summed E-state index contributed by atoms with van der Waals surface area (Å²) in [5.41, 5.74) is 2.18. The average Bonchev–Trinajstić information content (AvgIpc) is 3.01. The zero-order valence-corrected chi connectivity index (χ0v) is 15.3. The highest BCUT2D eigenvalue weighted by Crippen LogP contribution is 2.36. The van der Waals surface area contributed by atoms with E-state index in [1.54, 1.807) is 35.8 Å². The van der Waals surface area contributed by atoms with E-state index in [9.17, 15) is 4.79 Å². The van der Waals surface area contributed by atoms with E-state index in [4.69, 9.17) is 4.74 Å². The molecule has 1 N–H and O–H groups in total. The molecule has 0 aliphatic carbocycles. The van der Waals surface area contributed by atoms with E-state index in [1.165, 1.54) is 0 Å². The molecule has 0 radical (unpaired) electrons. The van der Waals surface area contributed by atoms with Crippen LogP contribution in [0.2, 0.25) is 0 Å². The number of rotatable bonds is 6. The highest BCUT2D eigenvalue weighted by Gasteiger charge is 2.35. The lowest BCUT2D eigenvalue weighted by Gasteiger charge is -2.27. The predicted molar refractivity (Wildman–Crippen MR) is 96.4 cm³/mol. The second-order valence-corrected chi connectivity index (χ2v) is 6.64. The number of hydrogen-bond acceptors (Lipinski definition) is 7. The van der Waals surface area contributed by atoms with Gasteiger partial charge in [-0.05, 0) is 38.0 Å². The summed E-state index contributed by atoms with van der Waals surface area (Å²) in [6.07, 6.45) is 4.46. The summed E-state index contributed by atoms with van der Waals surface area (Å²) >= 11 is 1.60. The Morgan fingerprint density at radius 3 is 2.80 bits per heavy atom. The number of aromatic nitrogens is 4. The van der Waals surface area contributed by atoms with E-state index < -0.39 is 0 Å². The molecule has 1 aliphatic rings. The highest BCUT2D eigenvalue weighted by atomic mass is 32.2. The minimum atomic E-state index is -0.387. The lowest BCUT2D eigenvalue weighted by molar-refractivity contribution is -0.139. The van der Waals surface area contributed by atoms with Gasteiger partial charge in [-0.1, -0.05) is 18.7 Å². The van der Waals surface area contributed by atoms with Crippen molar-refractivity contribution in [3.8, 4) is 0 Å². The number of fused-ring (bicyclic) bond motifs is 1. The molecule has 132 valence electrons. The summed E-state index contributed by atoms with van der Waals surface area (Å²) in [6, 6.07) is 3.38. The minimum absolute atomic E-state index is 0.320. The SMILES string of the molecule is CCCSc1nc2n(n1)C(c1ccncc1)C(C(=O)OCC)=C(C)N2. The van der Waals surface area contributed by atoms with Crippen LogP contribution in [-0.4, -0.2) is 38.1 Å². The van der Waals surface area contributed by atoms with Crippen molar-refractivity contribution >= 4 is 23.7 Å². The molecular weight excluding hydrogens is 338 g/mol. The number of anilines is 1. The topological polar surface area (TPSA) is 81.9 Å². The summed E-state index contributed by atoms with van der Waals surface area (Å²) in [5, 5.41) is 8.50. The Morgan fingerprint density at radius 1 is 1.36 bits per heavy atom. The van der Waals surface area contributed by atoms with E-state index in [0.717, 1.165) is 23.4 Å². The molecule has 2 aromatic rings. The Morgan fingerprint density at radius 2 is 2.12 bits per heavy atom. The normalized spacial score (nSPS) is 16.4. The lowest BCUT2D eigenvalue weighted by atomic mass is 9.97. The van der Waals surface area contributed by atoms with E-state index in [0.29, 0.717) is 23.3 Å². The van der Waals surface area contributed by atoms with Crippen molar-refractivity contribution in [3.05, 3.63) is 41.4 Å². The molecule has 1 unspecified atom stereocenters. The van der Waals surface area contributed by atoms with Gasteiger partial charge in [0.25, 0.3) is 0 Å². The van der Waals surface area contributed by atoms with Crippen LogP contribution in [0.4, 0.5) is 5.95 Å². The van der Waals surface area contributed by atoms with Crippen LogP contribution in [0.3, 0.4) is 0 Å². The van der Waals surface area contributed by atoms with Crippen LogP contribution in [0.25, 0.3) is 0 Å². The zero-order chi connectivity index (χ0) is 17.8. The third-order valence-corrected chi connectivity index (χ3v) is 4.83. The molecule has 0 saturated carbocycles. The Hall–Kier alpha value is -2.35. The molecule has 8 heteroatoms. The average molecular weight is 359 g/mol.